The van der Waals surface area contributed by atoms with Crippen LogP contribution < -0.4 is 4.90 Å². The highest BCUT2D eigenvalue weighted by atomic mass is 32.2. The van der Waals surface area contributed by atoms with E-state index in [4.69, 9.17) is 17.7 Å². The van der Waals surface area contributed by atoms with Gasteiger partial charge >= 0.3 is 16.6 Å². The molecule has 0 amide bonds. The molecule has 0 saturated heterocycles. The smallest absolute Gasteiger partial charge is 0.425 e. The number of unbranched alkanes of at least 4 members (excludes halogenated alkanes) is 2. The van der Waals surface area contributed by atoms with Crippen molar-refractivity contribution in [2.45, 2.75) is 81.4 Å². The third-order valence-corrected chi connectivity index (χ3v) is 12.1. The molecular formula is C36H46N2O14S4. The van der Waals surface area contributed by atoms with Crippen molar-refractivity contribution < 1.29 is 66.0 Å². The van der Waals surface area contributed by atoms with Gasteiger partial charge in [0, 0.05) is 59.6 Å². The van der Waals surface area contributed by atoms with E-state index in [1.807, 2.05) is 68.2 Å². The SMILES string of the molecule is CC1(C)C(C=CC=CC=C2N(CCCS(=O)(=O)[O-])c3ccccc3C2(C)CCCS(=O)(=O)O)=[N+](CCCCCC(=O)O)c2ccc(S(=O)(=O)O)cc21.O=S(=O)=O. The molecule has 0 aliphatic carbocycles. The normalized spacial score (nSPS) is 18.7. The summed E-state index contributed by atoms with van der Waals surface area (Å²) in [7, 11) is -16.2. The van der Waals surface area contributed by atoms with Crippen molar-refractivity contribution in [1.29, 1.82) is 0 Å². The first-order valence-electron chi connectivity index (χ1n) is 17.5. The highest BCUT2D eigenvalue weighted by Gasteiger charge is 2.45. The number of hydrogen-bond acceptors (Lipinski definition) is 12. The number of anilines is 1. The van der Waals surface area contributed by atoms with Crippen LogP contribution >= 0.6 is 0 Å². The Morgan fingerprint density at radius 2 is 1.52 bits per heavy atom. The van der Waals surface area contributed by atoms with Gasteiger partial charge in [-0.2, -0.15) is 21.4 Å². The maximum atomic E-state index is 12.0. The quantitative estimate of drug-likeness (QED) is 0.0816. The number of rotatable bonds is 18. The van der Waals surface area contributed by atoms with E-state index in [9.17, 15) is 43.7 Å². The summed E-state index contributed by atoms with van der Waals surface area (Å²) in [5, 5.41) is 9.02. The lowest BCUT2D eigenvalue weighted by molar-refractivity contribution is -0.438. The largest absolute Gasteiger partial charge is 0.748 e. The molecule has 56 heavy (non-hydrogen) atoms. The minimum absolute atomic E-state index is 0.0659. The van der Waals surface area contributed by atoms with Gasteiger partial charge in [0.25, 0.3) is 20.2 Å². The number of para-hydroxylation sites is 1. The second-order valence-corrected chi connectivity index (χ2v) is 19.0. The van der Waals surface area contributed by atoms with Crippen molar-refractivity contribution in [3.63, 3.8) is 0 Å². The highest BCUT2D eigenvalue weighted by Crippen LogP contribution is 2.50. The molecule has 0 fully saturated rings. The molecule has 3 N–H and O–H groups in total. The van der Waals surface area contributed by atoms with Crippen molar-refractivity contribution >= 4 is 64.0 Å². The van der Waals surface area contributed by atoms with Gasteiger partial charge in [0.15, 0.2) is 5.71 Å². The predicted octanol–water partition coefficient (Wildman–Crippen LogP) is 4.33. The molecule has 4 rings (SSSR count). The van der Waals surface area contributed by atoms with Crippen LogP contribution in [0, 0.1) is 0 Å². The molecule has 16 nitrogen and oxygen atoms in total. The number of allylic oxidation sites excluding steroid dienone is 6. The van der Waals surface area contributed by atoms with E-state index >= 15 is 0 Å². The van der Waals surface area contributed by atoms with Crippen molar-refractivity contribution in [2.75, 3.05) is 29.5 Å². The van der Waals surface area contributed by atoms with Gasteiger partial charge in [-0.05, 0) is 82.7 Å². The zero-order valence-corrected chi connectivity index (χ0v) is 34.3. The first-order valence-corrected chi connectivity index (χ1v) is 23.1. The summed E-state index contributed by atoms with van der Waals surface area (Å²) in [4.78, 5) is 12.7. The van der Waals surface area contributed by atoms with E-state index < -0.39 is 69.3 Å². The number of aliphatic carboxylic acids is 1. The summed E-state index contributed by atoms with van der Waals surface area (Å²) in [5.41, 5.74) is 3.43. The van der Waals surface area contributed by atoms with E-state index in [0.717, 1.165) is 28.3 Å². The molecular weight excluding hydrogens is 813 g/mol. The molecule has 1 unspecified atom stereocenters. The standard InChI is InChI=1S/C36H46N2O11S3.O3S/c1-35(2)29-26-27(52(47,48)49)19-20-31(29)37(22-11-5-8-18-34(39)40)32(35)16-6-4-7-17-33-36(3,21-12-24-50(41,42)43)28-14-9-10-15-30(28)38(33)23-13-25-51(44,45)46;1-4(2)3/h4,6-7,9-10,14-17,19-20,26H,5,8,11-13,18,21-25H2,1-3H3,(H3-,39,40,41,42,43,44,45,46,47,48,49);. The number of carboxylic acids is 1. The molecule has 0 aromatic heterocycles. The van der Waals surface area contributed by atoms with Crippen LogP contribution in [0.4, 0.5) is 11.4 Å². The van der Waals surface area contributed by atoms with Gasteiger partial charge in [-0.1, -0.05) is 36.4 Å². The summed E-state index contributed by atoms with van der Waals surface area (Å²) >= 11 is 0. The van der Waals surface area contributed by atoms with Gasteiger partial charge in [-0.15, -0.1) is 12.6 Å². The van der Waals surface area contributed by atoms with Gasteiger partial charge in [0.05, 0.1) is 26.2 Å². The maximum Gasteiger partial charge on any atom is 0.425 e. The topological polar surface area (TPSA) is 261 Å². The van der Waals surface area contributed by atoms with E-state index in [0.29, 0.717) is 37.8 Å². The minimum Gasteiger partial charge on any atom is -0.748 e. The van der Waals surface area contributed by atoms with Crippen LogP contribution in [0.1, 0.15) is 76.8 Å². The second-order valence-electron chi connectivity index (χ2n) is 14.0. The predicted molar refractivity (Wildman–Crippen MR) is 207 cm³/mol. The minimum atomic E-state index is -4.45. The van der Waals surface area contributed by atoms with Crippen LogP contribution in [0.25, 0.3) is 0 Å². The Hall–Kier alpha value is -4.05. The van der Waals surface area contributed by atoms with Crippen molar-refractivity contribution in [3.8, 4) is 0 Å². The van der Waals surface area contributed by atoms with Gasteiger partial charge < -0.3 is 14.6 Å². The molecule has 2 heterocycles. The fraction of sp³-hybridized carbons (Fsp3) is 0.444. The Morgan fingerprint density at radius 3 is 2.12 bits per heavy atom. The first kappa shape index (κ1) is 46.3. The third kappa shape index (κ3) is 12.7. The first-order chi connectivity index (χ1) is 25.9. The summed E-state index contributed by atoms with van der Waals surface area (Å²) < 4.78 is 128. The maximum absolute atomic E-state index is 12.0. The van der Waals surface area contributed by atoms with Crippen LogP contribution in [-0.4, -0.2) is 97.5 Å². The molecule has 0 saturated carbocycles. The van der Waals surface area contributed by atoms with Crippen LogP contribution in [0.15, 0.2) is 83.4 Å². The third-order valence-electron chi connectivity index (χ3n) is 9.66. The molecule has 2 aromatic rings. The molecule has 2 aliphatic rings. The number of carboxylic acid groups (broad SMARTS) is 1. The number of hydrogen-bond donors (Lipinski definition) is 3. The zero-order chi connectivity index (χ0) is 42.1. The number of nitrogens with zero attached hydrogens (tertiary/aromatic N) is 2. The molecule has 1 atom stereocenters. The van der Waals surface area contributed by atoms with Crippen molar-refractivity contribution in [2.24, 2.45) is 0 Å². The van der Waals surface area contributed by atoms with Crippen LogP contribution in [0.2, 0.25) is 0 Å². The zero-order valence-electron chi connectivity index (χ0n) is 31.1. The number of fused-ring (bicyclic) bond motifs is 2. The summed E-state index contributed by atoms with van der Waals surface area (Å²) in [6, 6.07) is 12.0. The monoisotopic (exact) mass is 858 g/mol. The van der Waals surface area contributed by atoms with E-state index in [2.05, 4.69) is 4.58 Å². The average Bonchev–Trinajstić information content (AvgIpc) is 3.42. The molecule has 2 aromatic carbocycles. The van der Waals surface area contributed by atoms with Gasteiger partial charge in [-0.25, -0.2) is 8.42 Å². The molecule has 2 aliphatic heterocycles. The Balaban J connectivity index is 0.00000200. The Bertz CT molecular complexity index is 2360. The van der Waals surface area contributed by atoms with E-state index in [1.54, 1.807) is 18.2 Å². The molecule has 0 bridgehead atoms. The molecule has 20 heteroatoms. The van der Waals surface area contributed by atoms with E-state index in [-0.39, 0.29) is 30.7 Å². The lowest BCUT2D eigenvalue weighted by atomic mass is 9.77. The molecule has 0 spiro atoms. The molecule has 0 radical (unpaired) electrons. The molecule has 308 valence electrons. The van der Waals surface area contributed by atoms with Gasteiger partial charge in [-0.3, -0.25) is 13.9 Å². The van der Waals surface area contributed by atoms with Crippen LogP contribution in [-0.2, 0) is 56.6 Å². The van der Waals surface area contributed by atoms with Crippen molar-refractivity contribution in [1.82, 2.24) is 0 Å². The fourth-order valence-electron chi connectivity index (χ4n) is 7.16. The summed E-state index contributed by atoms with van der Waals surface area (Å²) in [6.07, 6.45) is 11.7. The average molecular weight is 859 g/mol. The lowest BCUT2D eigenvalue weighted by Crippen LogP contribution is -2.30. The van der Waals surface area contributed by atoms with Gasteiger partial charge in [0.1, 0.15) is 6.54 Å². The van der Waals surface area contributed by atoms with Crippen LogP contribution in [0.3, 0.4) is 0 Å². The lowest BCUT2D eigenvalue weighted by Gasteiger charge is -2.30. The van der Waals surface area contributed by atoms with Crippen LogP contribution in [0.5, 0.6) is 0 Å². The fourth-order valence-corrected chi connectivity index (χ4v) is 8.66. The van der Waals surface area contributed by atoms with E-state index in [1.165, 1.54) is 12.1 Å². The second kappa shape index (κ2) is 18.9. The Labute approximate surface area is 329 Å². The Morgan fingerprint density at radius 1 is 0.857 bits per heavy atom. The summed E-state index contributed by atoms with van der Waals surface area (Å²) in [5.74, 6) is -1.83. The summed E-state index contributed by atoms with van der Waals surface area (Å²) in [6.45, 7) is 6.62. The number of carbonyl (C=O) groups is 1. The number of benzene rings is 2. The Kier molecular flexibility index (Phi) is 15.7. The van der Waals surface area contributed by atoms with Crippen molar-refractivity contribution in [3.05, 3.63) is 89.7 Å². The highest BCUT2D eigenvalue weighted by molar-refractivity contribution is 7.86. The van der Waals surface area contributed by atoms with Gasteiger partial charge in [0.2, 0.25) is 5.69 Å².